The molecular formula is C23H24N2O5S. The van der Waals surface area contributed by atoms with Gasteiger partial charge in [-0.25, -0.2) is 8.42 Å². The fourth-order valence-electron chi connectivity index (χ4n) is 3.76. The third-order valence-corrected chi connectivity index (χ3v) is 7.19. The molecule has 1 unspecified atom stereocenters. The Labute approximate surface area is 181 Å². The van der Waals surface area contributed by atoms with Crippen LogP contribution < -0.4 is 4.74 Å². The van der Waals surface area contributed by atoms with Gasteiger partial charge in [0.15, 0.2) is 9.84 Å². The van der Waals surface area contributed by atoms with Crippen LogP contribution in [0.5, 0.6) is 5.75 Å². The van der Waals surface area contributed by atoms with Crippen LogP contribution in [0.1, 0.15) is 17.7 Å². The van der Waals surface area contributed by atoms with E-state index >= 15 is 0 Å². The van der Waals surface area contributed by atoms with Gasteiger partial charge in [0.25, 0.3) is 0 Å². The Kier molecular flexibility index (Phi) is 6.08. The lowest BCUT2D eigenvalue weighted by molar-refractivity contribution is -0.133. The molecule has 162 valence electrons. The maximum absolute atomic E-state index is 13.2. The molecule has 0 N–H and O–H groups in total. The minimum absolute atomic E-state index is 0.0133. The molecule has 2 heterocycles. The average Bonchev–Trinajstić information content (AvgIpc) is 3.39. The average molecular weight is 441 g/mol. The highest BCUT2D eigenvalue weighted by molar-refractivity contribution is 7.91. The van der Waals surface area contributed by atoms with Gasteiger partial charge in [-0.1, -0.05) is 47.6 Å². The van der Waals surface area contributed by atoms with Crippen LogP contribution in [0.2, 0.25) is 0 Å². The van der Waals surface area contributed by atoms with Crippen molar-refractivity contribution >= 4 is 15.7 Å². The van der Waals surface area contributed by atoms with Gasteiger partial charge in [-0.2, -0.15) is 0 Å². The normalized spacial score (nSPS) is 17.4. The number of ether oxygens (including phenoxy) is 1. The molecule has 1 aliphatic rings. The number of sulfone groups is 1. The minimum atomic E-state index is -3.13. The van der Waals surface area contributed by atoms with Crippen LogP contribution in [0.3, 0.4) is 0 Å². The first kappa shape index (κ1) is 21.1. The van der Waals surface area contributed by atoms with Crippen LogP contribution in [-0.2, 0) is 27.6 Å². The van der Waals surface area contributed by atoms with E-state index in [1.165, 1.54) is 0 Å². The SMILES string of the molecule is COc1ccc(CN(C(=O)Cc2cc(-c3ccccc3)no2)C2CCS(=O)(=O)C2)cc1. The van der Waals surface area contributed by atoms with Gasteiger partial charge >= 0.3 is 0 Å². The summed E-state index contributed by atoms with van der Waals surface area (Å²) in [6, 6.07) is 18.4. The topological polar surface area (TPSA) is 89.7 Å². The number of carbonyl (C=O) groups is 1. The molecule has 8 heteroatoms. The number of carbonyl (C=O) groups excluding carboxylic acids is 1. The van der Waals surface area contributed by atoms with Crippen molar-refractivity contribution in [3.05, 3.63) is 72.0 Å². The van der Waals surface area contributed by atoms with E-state index < -0.39 is 9.84 Å². The second-order valence-electron chi connectivity index (χ2n) is 7.65. The van der Waals surface area contributed by atoms with Gasteiger partial charge in [0.05, 0.1) is 25.0 Å². The van der Waals surface area contributed by atoms with E-state index in [0.29, 0.717) is 24.4 Å². The van der Waals surface area contributed by atoms with Crippen LogP contribution in [0.25, 0.3) is 11.3 Å². The zero-order valence-electron chi connectivity index (χ0n) is 17.2. The molecule has 3 aromatic rings. The lowest BCUT2D eigenvalue weighted by atomic mass is 10.1. The highest BCUT2D eigenvalue weighted by Crippen LogP contribution is 2.24. The van der Waals surface area contributed by atoms with E-state index in [9.17, 15) is 13.2 Å². The Morgan fingerprint density at radius 2 is 1.90 bits per heavy atom. The first-order chi connectivity index (χ1) is 14.9. The van der Waals surface area contributed by atoms with Crippen LogP contribution in [0.15, 0.2) is 65.2 Å². The van der Waals surface area contributed by atoms with Gasteiger partial charge in [-0.3, -0.25) is 4.79 Å². The van der Waals surface area contributed by atoms with Crippen molar-refractivity contribution in [3.63, 3.8) is 0 Å². The molecule has 1 aliphatic heterocycles. The summed E-state index contributed by atoms with van der Waals surface area (Å²) in [6.45, 7) is 0.322. The van der Waals surface area contributed by atoms with Gasteiger partial charge < -0.3 is 14.2 Å². The summed E-state index contributed by atoms with van der Waals surface area (Å²) in [4.78, 5) is 14.9. The van der Waals surface area contributed by atoms with Crippen molar-refractivity contribution in [2.75, 3.05) is 18.6 Å². The summed E-state index contributed by atoms with van der Waals surface area (Å²) in [5, 5.41) is 4.07. The Morgan fingerprint density at radius 1 is 1.16 bits per heavy atom. The van der Waals surface area contributed by atoms with Crippen molar-refractivity contribution in [3.8, 4) is 17.0 Å². The third-order valence-electron chi connectivity index (χ3n) is 5.44. The highest BCUT2D eigenvalue weighted by atomic mass is 32.2. The highest BCUT2D eigenvalue weighted by Gasteiger charge is 2.35. The Hall–Kier alpha value is -3.13. The first-order valence-electron chi connectivity index (χ1n) is 10.1. The second kappa shape index (κ2) is 8.93. The summed E-state index contributed by atoms with van der Waals surface area (Å²) in [5.41, 5.74) is 2.47. The summed E-state index contributed by atoms with van der Waals surface area (Å²) < 4.78 is 34.7. The molecule has 1 saturated heterocycles. The molecule has 4 rings (SSSR count). The van der Waals surface area contributed by atoms with E-state index in [0.717, 1.165) is 16.9 Å². The number of amides is 1. The van der Waals surface area contributed by atoms with Crippen LogP contribution >= 0.6 is 0 Å². The molecule has 0 spiro atoms. The number of hydrogen-bond donors (Lipinski definition) is 0. The predicted octanol–water partition coefficient (Wildman–Crippen LogP) is 3.11. The first-order valence-corrected chi connectivity index (χ1v) is 11.9. The molecule has 31 heavy (non-hydrogen) atoms. The number of hydrogen-bond acceptors (Lipinski definition) is 6. The quantitative estimate of drug-likeness (QED) is 0.561. The molecule has 2 aromatic carbocycles. The smallest absolute Gasteiger partial charge is 0.230 e. The number of aromatic nitrogens is 1. The summed E-state index contributed by atoms with van der Waals surface area (Å²) in [7, 11) is -1.54. The molecule has 1 aromatic heterocycles. The predicted molar refractivity (Wildman–Crippen MR) is 116 cm³/mol. The van der Waals surface area contributed by atoms with Crippen LogP contribution in [0.4, 0.5) is 0 Å². The van der Waals surface area contributed by atoms with Gasteiger partial charge in [0.1, 0.15) is 17.2 Å². The lowest BCUT2D eigenvalue weighted by Crippen LogP contribution is -2.41. The van der Waals surface area contributed by atoms with Gasteiger partial charge in [0.2, 0.25) is 5.91 Å². The number of rotatable bonds is 7. The number of benzene rings is 2. The van der Waals surface area contributed by atoms with E-state index in [-0.39, 0.29) is 29.9 Å². The fourth-order valence-corrected chi connectivity index (χ4v) is 5.49. The van der Waals surface area contributed by atoms with Crippen molar-refractivity contribution in [1.29, 1.82) is 0 Å². The van der Waals surface area contributed by atoms with Gasteiger partial charge in [0, 0.05) is 24.2 Å². The summed E-state index contributed by atoms with van der Waals surface area (Å²) >= 11 is 0. The number of nitrogens with zero attached hydrogens (tertiary/aromatic N) is 2. The van der Waals surface area contributed by atoms with E-state index in [1.54, 1.807) is 18.1 Å². The van der Waals surface area contributed by atoms with Crippen LogP contribution in [-0.4, -0.2) is 49.0 Å². The molecule has 0 radical (unpaired) electrons. The fraction of sp³-hybridized carbons (Fsp3) is 0.304. The molecule has 0 bridgehead atoms. The summed E-state index contributed by atoms with van der Waals surface area (Å²) in [5.74, 6) is 1.07. The van der Waals surface area contributed by atoms with E-state index in [1.807, 2.05) is 54.6 Å². The second-order valence-corrected chi connectivity index (χ2v) is 9.88. The molecule has 1 atom stereocenters. The Balaban J connectivity index is 1.53. The third kappa shape index (κ3) is 5.14. The largest absolute Gasteiger partial charge is 0.497 e. The number of methoxy groups -OCH3 is 1. The Morgan fingerprint density at radius 3 is 2.55 bits per heavy atom. The maximum atomic E-state index is 13.2. The lowest BCUT2D eigenvalue weighted by Gasteiger charge is -2.28. The minimum Gasteiger partial charge on any atom is -0.497 e. The molecule has 0 saturated carbocycles. The maximum Gasteiger partial charge on any atom is 0.230 e. The monoisotopic (exact) mass is 440 g/mol. The molecule has 1 amide bonds. The molecular weight excluding hydrogens is 416 g/mol. The molecule has 1 fully saturated rings. The van der Waals surface area contributed by atoms with Gasteiger partial charge in [-0.05, 0) is 24.1 Å². The van der Waals surface area contributed by atoms with Gasteiger partial charge in [-0.15, -0.1) is 0 Å². The van der Waals surface area contributed by atoms with Crippen molar-refractivity contribution in [2.45, 2.75) is 25.4 Å². The Bertz CT molecular complexity index is 1140. The van der Waals surface area contributed by atoms with Crippen LogP contribution in [0, 0.1) is 0 Å². The standard InChI is InChI=1S/C23H24N2O5S/c1-29-20-9-7-17(8-10-20)15-25(19-11-12-31(27,28)16-19)23(26)14-21-13-22(24-30-21)18-5-3-2-4-6-18/h2-10,13,19H,11-12,14-16H2,1H3. The van der Waals surface area contributed by atoms with Crippen molar-refractivity contribution < 1.29 is 22.5 Å². The van der Waals surface area contributed by atoms with E-state index in [4.69, 9.17) is 9.26 Å². The summed E-state index contributed by atoms with van der Waals surface area (Å²) in [6.07, 6.45) is 0.461. The van der Waals surface area contributed by atoms with E-state index in [2.05, 4.69) is 5.16 Å². The zero-order valence-corrected chi connectivity index (χ0v) is 18.0. The zero-order chi connectivity index (χ0) is 21.8. The van der Waals surface area contributed by atoms with Crippen molar-refractivity contribution in [1.82, 2.24) is 10.1 Å². The molecule has 0 aliphatic carbocycles. The van der Waals surface area contributed by atoms with Crippen molar-refractivity contribution in [2.24, 2.45) is 0 Å². The molecule has 7 nitrogen and oxygen atoms in total.